The number of hydrazone groups is 1. The summed E-state index contributed by atoms with van der Waals surface area (Å²) in [5.74, 6) is 0.790. The molecule has 13 heavy (non-hydrogen) atoms. The van der Waals surface area contributed by atoms with E-state index in [0.717, 1.165) is 18.1 Å². The summed E-state index contributed by atoms with van der Waals surface area (Å²) in [6.07, 6.45) is 4.78. The predicted octanol–water partition coefficient (Wildman–Crippen LogP) is 1.22. The first kappa shape index (κ1) is 8.53. The highest BCUT2D eigenvalue weighted by Crippen LogP contribution is 2.51. The number of nitrogens with two attached hydrogens (primary N) is 1. The molecule has 0 radical (unpaired) electrons. The van der Waals surface area contributed by atoms with Crippen molar-refractivity contribution in [2.24, 2.45) is 22.2 Å². The van der Waals surface area contributed by atoms with Gasteiger partial charge in [-0.2, -0.15) is 5.10 Å². The summed E-state index contributed by atoms with van der Waals surface area (Å²) in [5, 5.41) is 4.07. The van der Waals surface area contributed by atoms with Gasteiger partial charge in [0.2, 0.25) is 0 Å². The summed E-state index contributed by atoms with van der Waals surface area (Å²) in [6.45, 7) is 2.22. The first-order valence-corrected chi connectivity index (χ1v) is 4.73. The van der Waals surface area contributed by atoms with E-state index in [1.165, 1.54) is 19.3 Å². The van der Waals surface area contributed by atoms with Crippen LogP contribution in [-0.4, -0.2) is 11.7 Å². The lowest BCUT2D eigenvalue weighted by Crippen LogP contribution is -2.29. The number of nitrogens with one attached hydrogen (secondary N) is 1. The molecule has 2 saturated carbocycles. The Hall–Kier alpha value is -1.06. The maximum atomic E-state index is 10.5. The van der Waals surface area contributed by atoms with Crippen LogP contribution in [-0.2, 0) is 0 Å². The standard InChI is InChI=1S/C9H15N3O/c1-9-3-2-6(5-9)4-7(9)11-12-8(10)13/h6H,2-5H2,1H3,(H3,10,12,13)/b11-7-/t6-,9-/m1/s1. The molecule has 0 saturated heterocycles. The number of carbonyl (C=O) groups is 1. The number of amides is 2. The van der Waals surface area contributed by atoms with Crippen LogP contribution in [0, 0.1) is 11.3 Å². The molecule has 3 N–H and O–H groups in total. The molecule has 2 atom stereocenters. The number of hydrogen-bond donors (Lipinski definition) is 2. The lowest BCUT2D eigenvalue weighted by atomic mass is 9.85. The maximum Gasteiger partial charge on any atom is 0.332 e. The maximum absolute atomic E-state index is 10.5. The van der Waals surface area contributed by atoms with Gasteiger partial charge in [-0.1, -0.05) is 6.92 Å². The van der Waals surface area contributed by atoms with Gasteiger partial charge in [-0.3, -0.25) is 0 Å². The predicted molar refractivity (Wildman–Crippen MR) is 50.2 cm³/mol. The highest BCUT2D eigenvalue weighted by Gasteiger charge is 2.46. The molecular formula is C9H15N3O. The Kier molecular flexibility index (Phi) is 1.78. The quantitative estimate of drug-likeness (QED) is 0.587. The highest BCUT2D eigenvalue weighted by molar-refractivity contribution is 5.93. The summed E-state index contributed by atoms with van der Waals surface area (Å²) >= 11 is 0. The van der Waals surface area contributed by atoms with E-state index in [0.29, 0.717) is 0 Å². The fraction of sp³-hybridized carbons (Fsp3) is 0.778. The van der Waals surface area contributed by atoms with E-state index < -0.39 is 6.03 Å². The van der Waals surface area contributed by atoms with Crippen LogP contribution in [0.1, 0.15) is 32.6 Å². The second-order valence-corrected chi connectivity index (χ2v) is 4.41. The van der Waals surface area contributed by atoms with Crippen molar-refractivity contribution in [2.45, 2.75) is 32.6 Å². The van der Waals surface area contributed by atoms with Crippen LogP contribution in [0.4, 0.5) is 4.79 Å². The summed E-state index contributed by atoms with van der Waals surface area (Å²) < 4.78 is 0. The molecule has 0 unspecified atom stereocenters. The molecule has 0 aromatic carbocycles. The SMILES string of the molecule is C[C@]12CC[C@H](C/C1=N/NC(N)=O)C2. The van der Waals surface area contributed by atoms with Crippen LogP contribution in [0.3, 0.4) is 0 Å². The van der Waals surface area contributed by atoms with Crippen molar-refractivity contribution in [3.05, 3.63) is 0 Å². The third kappa shape index (κ3) is 1.41. The molecule has 2 bridgehead atoms. The monoisotopic (exact) mass is 181 g/mol. The van der Waals surface area contributed by atoms with Crippen LogP contribution in [0.25, 0.3) is 0 Å². The summed E-state index contributed by atoms with van der Waals surface area (Å²) in [7, 11) is 0. The van der Waals surface area contributed by atoms with Gasteiger partial charge >= 0.3 is 6.03 Å². The smallest absolute Gasteiger partial charge is 0.332 e. The van der Waals surface area contributed by atoms with E-state index in [1.807, 2.05) is 0 Å². The topological polar surface area (TPSA) is 67.5 Å². The average molecular weight is 181 g/mol. The average Bonchev–Trinajstić information content (AvgIpc) is 2.55. The van der Waals surface area contributed by atoms with Crippen LogP contribution in [0.2, 0.25) is 0 Å². The van der Waals surface area contributed by atoms with Crippen molar-refractivity contribution in [1.82, 2.24) is 5.43 Å². The van der Waals surface area contributed by atoms with Crippen molar-refractivity contribution in [3.63, 3.8) is 0 Å². The molecule has 2 rings (SSSR count). The molecule has 0 aliphatic heterocycles. The largest absolute Gasteiger partial charge is 0.350 e. The molecule has 0 aromatic heterocycles. The van der Waals surface area contributed by atoms with Crippen LogP contribution in [0.15, 0.2) is 5.10 Å². The van der Waals surface area contributed by atoms with Gasteiger partial charge in [0.15, 0.2) is 0 Å². The van der Waals surface area contributed by atoms with Gasteiger partial charge in [-0.15, -0.1) is 0 Å². The minimum atomic E-state index is -0.570. The van der Waals surface area contributed by atoms with Gasteiger partial charge < -0.3 is 5.73 Å². The molecule has 0 spiro atoms. The Morgan fingerprint density at radius 3 is 3.00 bits per heavy atom. The van der Waals surface area contributed by atoms with E-state index in [2.05, 4.69) is 17.5 Å². The Morgan fingerprint density at radius 1 is 1.77 bits per heavy atom. The van der Waals surface area contributed by atoms with Crippen molar-refractivity contribution in [1.29, 1.82) is 0 Å². The normalized spacial score (nSPS) is 39.8. The van der Waals surface area contributed by atoms with Crippen molar-refractivity contribution < 1.29 is 4.79 Å². The number of hydrogen-bond acceptors (Lipinski definition) is 2. The number of rotatable bonds is 1. The number of fused-ring (bicyclic) bond motifs is 2. The molecule has 72 valence electrons. The van der Waals surface area contributed by atoms with Gasteiger partial charge in [0.1, 0.15) is 0 Å². The third-order valence-corrected chi connectivity index (χ3v) is 3.32. The Balaban J connectivity index is 2.09. The number of urea groups is 1. The number of primary amides is 1. The molecule has 4 heteroatoms. The Bertz CT molecular complexity index is 274. The third-order valence-electron chi connectivity index (χ3n) is 3.32. The van der Waals surface area contributed by atoms with Gasteiger partial charge in [-0.05, 0) is 31.6 Å². The van der Waals surface area contributed by atoms with Crippen LogP contribution in [0.5, 0.6) is 0 Å². The Labute approximate surface area is 77.6 Å². The molecular weight excluding hydrogens is 166 g/mol. The van der Waals surface area contributed by atoms with Crippen molar-refractivity contribution in [3.8, 4) is 0 Å². The van der Waals surface area contributed by atoms with E-state index in [1.54, 1.807) is 0 Å². The second kappa shape index (κ2) is 2.72. The van der Waals surface area contributed by atoms with E-state index in [4.69, 9.17) is 5.73 Å². The Morgan fingerprint density at radius 2 is 2.54 bits per heavy atom. The zero-order valence-electron chi connectivity index (χ0n) is 7.84. The lowest BCUT2D eigenvalue weighted by Gasteiger charge is -2.22. The first-order valence-electron chi connectivity index (χ1n) is 4.73. The van der Waals surface area contributed by atoms with Gasteiger partial charge in [0.05, 0.1) is 0 Å². The second-order valence-electron chi connectivity index (χ2n) is 4.41. The minimum absolute atomic E-state index is 0.243. The first-order chi connectivity index (χ1) is 6.10. The lowest BCUT2D eigenvalue weighted by molar-refractivity contribution is 0.249. The molecule has 0 heterocycles. The van der Waals surface area contributed by atoms with Crippen molar-refractivity contribution in [2.75, 3.05) is 0 Å². The summed E-state index contributed by atoms with van der Waals surface area (Å²) in [6, 6.07) is -0.570. The molecule has 2 fully saturated rings. The summed E-state index contributed by atoms with van der Waals surface area (Å²) in [5.41, 5.74) is 8.65. The van der Waals surface area contributed by atoms with Gasteiger partial charge in [0.25, 0.3) is 0 Å². The fourth-order valence-electron chi connectivity index (χ4n) is 2.62. The molecule has 0 aromatic rings. The number of nitrogens with zero attached hydrogens (tertiary/aromatic N) is 1. The molecule has 4 nitrogen and oxygen atoms in total. The molecule has 2 amide bonds. The molecule has 2 aliphatic carbocycles. The molecule has 2 aliphatic rings. The van der Waals surface area contributed by atoms with Crippen LogP contribution >= 0.6 is 0 Å². The van der Waals surface area contributed by atoms with E-state index in [-0.39, 0.29) is 5.41 Å². The minimum Gasteiger partial charge on any atom is -0.350 e. The highest BCUT2D eigenvalue weighted by atomic mass is 16.2. The van der Waals surface area contributed by atoms with E-state index >= 15 is 0 Å². The number of carbonyl (C=O) groups excluding carboxylic acids is 1. The van der Waals surface area contributed by atoms with Crippen molar-refractivity contribution >= 4 is 11.7 Å². The zero-order chi connectivity index (χ0) is 9.47. The zero-order valence-corrected chi connectivity index (χ0v) is 7.84. The van der Waals surface area contributed by atoms with Gasteiger partial charge in [-0.25, -0.2) is 10.2 Å². The van der Waals surface area contributed by atoms with E-state index in [9.17, 15) is 4.79 Å². The summed E-state index contributed by atoms with van der Waals surface area (Å²) in [4.78, 5) is 10.5. The van der Waals surface area contributed by atoms with Crippen LogP contribution < -0.4 is 11.2 Å². The fourth-order valence-corrected chi connectivity index (χ4v) is 2.62. The van der Waals surface area contributed by atoms with Gasteiger partial charge in [0, 0.05) is 11.1 Å².